The number of alkyl carbamates (subject to hydrolysis) is 1. The normalized spacial score (nSPS) is 22.4. The lowest BCUT2D eigenvalue weighted by Crippen LogP contribution is -2.40. The Kier molecular flexibility index (Phi) is 5.80. The van der Waals surface area contributed by atoms with Gasteiger partial charge in [-0.3, -0.25) is 4.79 Å². The van der Waals surface area contributed by atoms with Crippen LogP contribution in [0.1, 0.15) is 40.0 Å². The summed E-state index contributed by atoms with van der Waals surface area (Å²) < 4.78 is 5.23. The van der Waals surface area contributed by atoms with Crippen LogP contribution in [0.15, 0.2) is 0 Å². The molecule has 1 fully saturated rings. The van der Waals surface area contributed by atoms with Crippen molar-refractivity contribution in [3.05, 3.63) is 0 Å². The van der Waals surface area contributed by atoms with Gasteiger partial charge in [-0.25, -0.2) is 4.79 Å². The summed E-state index contributed by atoms with van der Waals surface area (Å²) in [4.78, 5) is 24.7. The third-order valence-corrected chi connectivity index (χ3v) is 3.19. The molecule has 0 spiro atoms. The molecule has 0 bridgehead atoms. The highest BCUT2D eigenvalue weighted by Crippen LogP contribution is 2.19. The topological polar surface area (TPSA) is 70.7 Å². The van der Waals surface area contributed by atoms with Crippen LogP contribution < -0.4 is 10.6 Å². The van der Waals surface area contributed by atoms with Crippen molar-refractivity contribution in [3.63, 3.8) is 0 Å². The molecule has 0 aromatic carbocycles. The molecule has 1 saturated carbocycles. The monoisotopic (exact) mass is 285 g/mol. The zero-order valence-electron chi connectivity index (χ0n) is 13.2. The lowest BCUT2D eigenvalue weighted by molar-refractivity contribution is -0.127. The fourth-order valence-corrected chi connectivity index (χ4v) is 2.16. The van der Waals surface area contributed by atoms with Crippen molar-refractivity contribution in [3.8, 4) is 0 Å². The van der Waals surface area contributed by atoms with Gasteiger partial charge < -0.3 is 20.3 Å². The minimum absolute atomic E-state index is 0.0635. The number of hydrogen-bond acceptors (Lipinski definition) is 4. The highest BCUT2D eigenvalue weighted by atomic mass is 16.6. The Morgan fingerprint density at radius 3 is 2.35 bits per heavy atom. The lowest BCUT2D eigenvalue weighted by atomic mass is 10.2. The highest BCUT2D eigenvalue weighted by Gasteiger charge is 2.27. The van der Waals surface area contributed by atoms with Crippen LogP contribution in [0.4, 0.5) is 4.79 Å². The second kappa shape index (κ2) is 6.92. The van der Waals surface area contributed by atoms with Crippen molar-refractivity contribution in [1.29, 1.82) is 0 Å². The maximum atomic E-state index is 11.7. The number of amides is 2. The summed E-state index contributed by atoms with van der Waals surface area (Å²) in [6.45, 7) is 5.88. The van der Waals surface area contributed by atoms with Gasteiger partial charge in [0.2, 0.25) is 5.91 Å². The van der Waals surface area contributed by atoms with Crippen LogP contribution in [0.3, 0.4) is 0 Å². The molecule has 0 saturated heterocycles. The first-order chi connectivity index (χ1) is 9.17. The third-order valence-electron chi connectivity index (χ3n) is 3.19. The molecule has 6 nitrogen and oxygen atoms in total. The second-order valence-electron chi connectivity index (χ2n) is 6.52. The first kappa shape index (κ1) is 16.8. The quantitative estimate of drug-likeness (QED) is 0.812. The molecule has 1 aliphatic carbocycles. The SMILES string of the molecule is CN(C)C(=O)CNC1CCC(NC(=O)OC(C)(C)C)C1. The molecule has 0 aromatic rings. The van der Waals surface area contributed by atoms with Gasteiger partial charge in [0, 0.05) is 26.2 Å². The molecule has 2 unspecified atom stereocenters. The minimum Gasteiger partial charge on any atom is -0.444 e. The van der Waals surface area contributed by atoms with Gasteiger partial charge in [0.15, 0.2) is 0 Å². The van der Waals surface area contributed by atoms with Gasteiger partial charge >= 0.3 is 6.09 Å². The summed E-state index contributed by atoms with van der Waals surface area (Å²) in [6, 6.07) is 0.399. The van der Waals surface area contributed by atoms with E-state index in [9.17, 15) is 9.59 Å². The van der Waals surface area contributed by atoms with Crippen LogP contribution >= 0.6 is 0 Å². The Balaban J connectivity index is 2.26. The van der Waals surface area contributed by atoms with Crippen molar-refractivity contribution in [2.45, 2.75) is 57.7 Å². The number of nitrogens with one attached hydrogen (secondary N) is 2. The van der Waals surface area contributed by atoms with E-state index in [0.717, 1.165) is 19.3 Å². The summed E-state index contributed by atoms with van der Waals surface area (Å²) in [6.07, 6.45) is 2.33. The molecule has 0 aromatic heterocycles. The molecule has 116 valence electrons. The van der Waals surface area contributed by atoms with E-state index in [4.69, 9.17) is 4.74 Å². The number of likely N-dealkylation sites (N-methyl/N-ethyl adjacent to an activating group) is 1. The first-order valence-corrected chi connectivity index (χ1v) is 7.10. The van der Waals surface area contributed by atoms with Crippen molar-refractivity contribution in [1.82, 2.24) is 15.5 Å². The smallest absolute Gasteiger partial charge is 0.407 e. The standard InChI is InChI=1S/C14H27N3O3/c1-14(2,3)20-13(19)16-11-7-6-10(8-11)15-9-12(18)17(4)5/h10-11,15H,6-9H2,1-5H3,(H,16,19). The van der Waals surface area contributed by atoms with Crippen LogP contribution in [-0.4, -0.2) is 55.2 Å². The third kappa shape index (κ3) is 6.23. The molecule has 6 heteroatoms. The molecule has 20 heavy (non-hydrogen) atoms. The van der Waals surface area contributed by atoms with E-state index in [1.807, 2.05) is 20.8 Å². The van der Waals surface area contributed by atoms with E-state index in [1.54, 1.807) is 19.0 Å². The molecule has 2 N–H and O–H groups in total. The second-order valence-corrected chi connectivity index (χ2v) is 6.52. The lowest BCUT2D eigenvalue weighted by Gasteiger charge is -2.22. The average Bonchev–Trinajstić information content (AvgIpc) is 2.70. The largest absolute Gasteiger partial charge is 0.444 e. The number of nitrogens with zero attached hydrogens (tertiary/aromatic N) is 1. The Hall–Kier alpha value is -1.30. The van der Waals surface area contributed by atoms with Crippen LogP contribution in [0, 0.1) is 0 Å². The van der Waals surface area contributed by atoms with Gasteiger partial charge in [0.25, 0.3) is 0 Å². The Bertz CT molecular complexity index is 350. The predicted molar refractivity (Wildman–Crippen MR) is 77.5 cm³/mol. The van der Waals surface area contributed by atoms with E-state index in [-0.39, 0.29) is 24.1 Å². The Morgan fingerprint density at radius 1 is 1.20 bits per heavy atom. The van der Waals surface area contributed by atoms with Crippen molar-refractivity contribution in [2.75, 3.05) is 20.6 Å². The summed E-state index contributed by atoms with van der Waals surface area (Å²) in [5, 5.41) is 6.11. The van der Waals surface area contributed by atoms with Gasteiger partial charge in [0.1, 0.15) is 5.60 Å². The van der Waals surface area contributed by atoms with Gasteiger partial charge in [-0.05, 0) is 40.0 Å². The van der Waals surface area contributed by atoms with E-state index in [1.165, 1.54) is 0 Å². The zero-order valence-corrected chi connectivity index (χ0v) is 13.2. The van der Waals surface area contributed by atoms with Gasteiger partial charge in [0.05, 0.1) is 6.54 Å². The number of ether oxygens (including phenoxy) is 1. The summed E-state index contributed by atoms with van der Waals surface area (Å²) in [5.41, 5.74) is -0.474. The summed E-state index contributed by atoms with van der Waals surface area (Å²) in [7, 11) is 3.48. The molecule has 0 heterocycles. The van der Waals surface area contributed by atoms with Crippen LogP contribution in [0.5, 0.6) is 0 Å². The maximum Gasteiger partial charge on any atom is 0.407 e. The molecule has 0 radical (unpaired) electrons. The molecule has 0 aliphatic heterocycles. The Labute approximate surface area is 121 Å². The van der Waals surface area contributed by atoms with Gasteiger partial charge in [-0.15, -0.1) is 0 Å². The van der Waals surface area contributed by atoms with E-state index in [0.29, 0.717) is 6.54 Å². The van der Waals surface area contributed by atoms with Gasteiger partial charge in [-0.1, -0.05) is 0 Å². The summed E-state index contributed by atoms with van der Waals surface area (Å²) in [5.74, 6) is 0.0635. The summed E-state index contributed by atoms with van der Waals surface area (Å²) >= 11 is 0. The van der Waals surface area contributed by atoms with E-state index < -0.39 is 5.60 Å². The maximum absolute atomic E-state index is 11.7. The fourth-order valence-electron chi connectivity index (χ4n) is 2.16. The number of rotatable bonds is 4. The minimum atomic E-state index is -0.474. The van der Waals surface area contributed by atoms with Crippen molar-refractivity contribution >= 4 is 12.0 Å². The van der Waals surface area contributed by atoms with Crippen LogP contribution in [0.25, 0.3) is 0 Å². The number of carbonyl (C=O) groups is 2. The highest BCUT2D eigenvalue weighted by molar-refractivity contribution is 5.77. The fraction of sp³-hybridized carbons (Fsp3) is 0.857. The first-order valence-electron chi connectivity index (χ1n) is 7.10. The molecular formula is C14H27N3O3. The van der Waals surface area contributed by atoms with Crippen molar-refractivity contribution < 1.29 is 14.3 Å². The average molecular weight is 285 g/mol. The predicted octanol–water partition coefficient (Wildman–Crippen LogP) is 1.11. The molecule has 1 rings (SSSR count). The molecular weight excluding hydrogens is 258 g/mol. The van der Waals surface area contributed by atoms with E-state index >= 15 is 0 Å². The Morgan fingerprint density at radius 2 is 1.80 bits per heavy atom. The zero-order chi connectivity index (χ0) is 15.3. The molecule has 2 atom stereocenters. The van der Waals surface area contributed by atoms with Crippen LogP contribution in [-0.2, 0) is 9.53 Å². The van der Waals surface area contributed by atoms with Crippen LogP contribution in [0.2, 0.25) is 0 Å². The van der Waals surface area contributed by atoms with E-state index in [2.05, 4.69) is 10.6 Å². The number of hydrogen-bond donors (Lipinski definition) is 2. The number of carbonyl (C=O) groups excluding carboxylic acids is 2. The van der Waals surface area contributed by atoms with Gasteiger partial charge in [-0.2, -0.15) is 0 Å². The molecule has 1 aliphatic rings. The molecule has 2 amide bonds. The van der Waals surface area contributed by atoms with Crippen molar-refractivity contribution in [2.24, 2.45) is 0 Å².